The normalized spacial score (nSPS) is 20.0. The third kappa shape index (κ3) is 4.09. The van der Waals surface area contributed by atoms with E-state index in [9.17, 15) is 9.59 Å². The first-order valence-electron chi connectivity index (χ1n) is 10.3. The van der Waals surface area contributed by atoms with Crippen LogP contribution in [0.5, 0.6) is 0 Å². The molecule has 2 fully saturated rings. The largest absolute Gasteiger partial charge is 0.368 e. The van der Waals surface area contributed by atoms with E-state index in [2.05, 4.69) is 9.97 Å². The summed E-state index contributed by atoms with van der Waals surface area (Å²) in [6.07, 6.45) is 7.89. The number of carbonyl (C=O) groups excluding carboxylic acids is 2. The molecular weight excluding hydrogens is 366 g/mol. The van der Waals surface area contributed by atoms with E-state index in [0.717, 1.165) is 61.9 Å². The smallest absolute Gasteiger partial charge is 0.248 e. The van der Waals surface area contributed by atoms with E-state index in [-0.39, 0.29) is 23.7 Å². The Morgan fingerprint density at radius 1 is 1.10 bits per heavy atom. The number of hydrogen-bond acceptors (Lipinski definition) is 5. The lowest BCUT2D eigenvalue weighted by molar-refractivity contribution is -0.136. The van der Waals surface area contributed by atoms with Gasteiger partial charge in [-0.25, -0.2) is 9.97 Å². The summed E-state index contributed by atoms with van der Waals surface area (Å²) in [7, 11) is 0. The molecule has 1 aromatic heterocycles. The molecule has 2 aromatic rings. The van der Waals surface area contributed by atoms with Crippen LogP contribution in [0, 0.1) is 5.92 Å². The standard InChI is InChI=1S/C22H27N5O2/c23-20(28)16-8-3-7-15(11-16)18-12-25-22(24)26-19(18)17-9-4-10-27(13-17)21(29)14-5-1-2-6-14/h3,7-8,11-12,14,17H,1-2,4-6,9-10,13H2,(H2,23,28)(H2,24,25,26)/t17-/m0/s1. The Hall–Kier alpha value is -2.96. The van der Waals surface area contributed by atoms with Crippen LogP contribution in [-0.2, 0) is 4.79 Å². The first-order valence-corrected chi connectivity index (χ1v) is 10.3. The van der Waals surface area contributed by atoms with Crippen molar-refractivity contribution in [2.75, 3.05) is 18.8 Å². The molecular formula is C22H27N5O2. The highest BCUT2D eigenvalue weighted by atomic mass is 16.2. The maximum Gasteiger partial charge on any atom is 0.248 e. The van der Waals surface area contributed by atoms with Crippen molar-refractivity contribution in [2.45, 2.75) is 44.4 Å². The van der Waals surface area contributed by atoms with E-state index in [0.29, 0.717) is 12.1 Å². The first-order chi connectivity index (χ1) is 14.0. The molecule has 1 saturated carbocycles. The number of nitrogen functional groups attached to an aromatic ring is 1. The van der Waals surface area contributed by atoms with Gasteiger partial charge in [-0.1, -0.05) is 25.0 Å². The number of benzene rings is 1. The highest BCUT2D eigenvalue weighted by molar-refractivity contribution is 5.94. The molecule has 7 heteroatoms. The zero-order valence-electron chi connectivity index (χ0n) is 16.5. The number of nitrogens with zero attached hydrogens (tertiary/aromatic N) is 3. The predicted molar refractivity (Wildman–Crippen MR) is 111 cm³/mol. The number of rotatable bonds is 4. The second kappa shape index (κ2) is 8.19. The van der Waals surface area contributed by atoms with Crippen LogP contribution in [0.3, 0.4) is 0 Å². The van der Waals surface area contributed by atoms with Crippen molar-refractivity contribution in [2.24, 2.45) is 11.7 Å². The molecule has 1 aliphatic carbocycles. The number of nitrogens with two attached hydrogens (primary N) is 2. The molecule has 0 radical (unpaired) electrons. The molecule has 1 saturated heterocycles. The summed E-state index contributed by atoms with van der Waals surface area (Å²) in [6, 6.07) is 7.15. The Morgan fingerprint density at radius 2 is 1.90 bits per heavy atom. The summed E-state index contributed by atoms with van der Waals surface area (Å²) in [5.74, 6) is 0.291. The van der Waals surface area contributed by atoms with E-state index < -0.39 is 5.91 Å². The number of hydrogen-bond donors (Lipinski definition) is 2. The maximum atomic E-state index is 12.9. The molecule has 0 unspecified atom stereocenters. The fourth-order valence-electron chi connectivity index (χ4n) is 4.61. The number of primary amides is 1. The molecule has 2 amide bonds. The summed E-state index contributed by atoms with van der Waals surface area (Å²) in [5.41, 5.74) is 14.3. The van der Waals surface area contributed by atoms with Crippen LogP contribution >= 0.6 is 0 Å². The molecule has 2 aliphatic rings. The molecule has 1 aromatic carbocycles. The van der Waals surface area contributed by atoms with Crippen molar-refractivity contribution in [3.63, 3.8) is 0 Å². The number of aromatic nitrogens is 2. The molecule has 7 nitrogen and oxygen atoms in total. The van der Waals surface area contributed by atoms with Gasteiger partial charge < -0.3 is 16.4 Å². The van der Waals surface area contributed by atoms with Crippen molar-refractivity contribution >= 4 is 17.8 Å². The van der Waals surface area contributed by atoms with Crippen LogP contribution in [0.25, 0.3) is 11.1 Å². The summed E-state index contributed by atoms with van der Waals surface area (Å²) in [6.45, 7) is 1.45. The summed E-state index contributed by atoms with van der Waals surface area (Å²) >= 11 is 0. The van der Waals surface area contributed by atoms with Crippen molar-refractivity contribution in [1.29, 1.82) is 0 Å². The van der Waals surface area contributed by atoms with E-state index >= 15 is 0 Å². The number of likely N-dealkylation sites (tertiary alicyclic amines) is 1. The highest BCUT2D eigenvalue weighted by Crippen LogP contribution is 2.35. The number of piperidine rings is 1. The van der Waals surface area contributed by atoms with Crippen molar-refractivity contribution in [3.05, 3.63) is 41.7 Å². The lowest BCUT2D eigenvalue weighted by Gasteiger charge is -2.34. The molecule has 1 atom stereocenters. The Morgan fingerprint density at radius 3 is 2.66 bits per heavy atom. The van der Waals surface area contributed by atoms with Gasteiger partial charge in [-0.05, 0) is 43.4 Å². The van der Waals surface area contributed by atoms with Gasteiger partial charge in [0.2, 0.25) is 17.8 Å². The monoisotopic (exact) mass is 393 g/mol. The fourth-order valence-corrected chi connectivity index (χ4v) is 4.61. The first kappa shape index (κ1) is 19.4. The number of amides is 2. The lowest BCUT2D eigenvalue weighted by Crippen LogP contribution is -2.42. The molecule has 0 spiro atoms. The molecule has 4 N–H and O–H groups in total. The Bertz CT molecular complexity index is 923. The van der Waals surface area contributed by atoms with Crippen LogP contribution in [0.4, 0.5) is 5.95 Å². The van der Waals surface area contributed by atoms with Gasteiger partial charge in [-0.15, -0.1) is 0 Å². The summed E-state index contributed by atoms with van der Waals surface area (Å²) < 4.78 is 0. The second-order valence-corrected chi connectivity index (χ2v) is 8.08. The summed E-state index contributed by atoms with van der Waals surface area (Å²) in [4.78, 5) is 35.3. The molecule has 2 heterocycles. The maximum absolute atomic E-state index is 12.9. The zero-order chi connectivity index (χ0) is 20.4. The zero-order valence-corrected chi connectivity index (χ0v) is 16.5. The Balaban J connectivity index is 1.64. The third-order valence-electron chi connectivity index (χ3n) is 6.12. The number of anilines is 1. The van der Waals surface area contributed by atoms with Crippen molar-refractivity contribution in [1.82, 2.24) is 14.9 Å². The average molecular weight is 393 g/mol. The third-order valence-corrected chi connectivity index (χ3v) is 6.12. The van der Waals surface area contributed by atoms with Gasteiger partial charge in [0.25, 0.3) is 0 Å². The average Bonchev–Trinajstić information content (AvgIpc) is 3.28. The van der Waals surface area contributed by atoms with Gasteiger partial charge >= 0.3 is 0 Å². The quantitative estimate of drug-likeness (QED) is 0.829. The molecule has 29 heavy (non-hydrogen) atoms. The van der Waals surface area contributed by atoms with E-state index in [4.69, 9.17) is 11.5 Å². The van der Waals surface area contributed by atoms with Crippen LogP contribution in [0.1, 0.15) is 60.5 Å². The van der Waals surface area contributed by atoms with Crippen molar-refractivity contribution < 1.29 is 9.59 Å². The number of carbonyl (C=O) groups is 2. The van der Waals surface area contributed by atoms with Crippen LogP contribution in [0.15, 0.2) is 30.5 Å². The lowest BCUT2D eigenvalue weighted by atomic mass is 9.89. The van der Waals surface area contributed by atoms with Crippen molar-refractivity contribution in [3.8, 4) is 11.1 Å². The van der Waals surface area contributed by atoms with E-state index in [1.807, 2.05) is 11.0 Å². The van der Waals surface area contributed by atoms with Gasteiger partial charge in [0, 0.05) is 42.2 Å². The Kier molecular flexibility index (Phi) is 5.47. The topological polar surface area (TPSA) is 115 Å². The van der Waals surface area contributed by atoms with Crippen LogP contribution < -0.4 is 11.5 Å². The van der Waals surface area contributed by atoms with E-state index in [1.54, 1.807) is 24.4 Å². The minimum absolute atomic E-state index is 0.0895. The highest BCUT2D eigenvalue weighted by Gasteiger charge is 2.32. The van der Waals surface area contributed by atoms with Gasteiger partial charge in [0.05, 0.1) is 5.69 Å². The minimum Gasteiger partial charge on any atom is -0.368 e. The van der Waals surface area contributed by atoms with E-state index in [1.165, 1.54) is 0 Å². The van der Waals surface area contributed by atoms with Gasteiger partial charge in [0.15, 0.2) is 0 Å². The van der Waals surface area contributed by atoms with Gasteiger partial charge in [-0.3, -0.25) is 9.59 Å². The molecule has 4 rings (SSSR count). The minimum atomic E-state index is -0.476. The second-order valence-electron chi connectivity index (χ2n) is 8.08. The molecule has 1 aliphatic heterocycles. The molecule has 152 valence electrons. The van der Waals surface area contributed by atoms with Gasteiger partial charge in [0.1, 0.15) is 0 Å². The van der Waals surface area contributed by atoms with Crippen LogP contribution in [0.2, 0.25) is 0 Å². The SMILES string of the molecule is NC(=O)c1cccc(-c2cnc(N)nc2[C@H]2CCCN(C(=O)C3CCCC3)C2)c1. The fraction of sp³-hybridized carbons (Fsp3) is 0.455. The summed E-state index contributed by atoms with van der Waals surface area (Å²) in [5, 5.41) is 0. The molecule has 0 bridgehead atoms. The van der Waals surface area contributed by atoms with Gasteiger partial charge in [-0.2, -0.15) is 0 Å². The predicted octanol–water partition coefficient (Wildman–Crippen LogP) is 2.72. The Labute approximate surface area is 170 Å². The van der Waals surface area contributed by atoms with Crippen LogP contribution in [-0.4, -0.2) is 39.8 Å².